The van der Waals surface area contributed by atoms with E-state index in [1.807, 2.05) is 0 Å². The van der Waals surface area contributed by atoms with Crippen LogP contribution in [0.3, 0.4) is 0 Å². The molecule has 0 aromatic rings. The molecule has 0 atom stereocenters. The Morgan fingerprint density at radius 2 is 1.89 bits per heavy atom. The molecule has 1 nitrogen and oxygen atoms in total. The molecule has 0 unspecified atom stereocenters. The Morgan fingerprint density at radius 3 is 2.22 bits per heavy atom. The van der Waals surface area contributed by atoms with E-state index in [1.54, 1.807) is 5.54 Å². The summed E-state index contributed by atoms with van der Waals surface area (Å²) in [5.41, 5.74) is 1.98. The van der Waals surface area contributed by atoms with Crippen LogP contribution >= 0.6 is 0 Å². The standard InChI is InChI=1S/C7H16FN/c1-7(2,3)5-4-6-9-8/h9H,4-6H2,1-3H3. The van der Waals surface area contributed by atoms with Crippen molar-refractivity contribution in [1.82, 2.24) is 5.54 Å². The van der Waals surface area contributed by atoms with Crippen LogP contribution in [0.1, 0.15) is 33.6 Å². The summed E-state index contributed by atoms with van der Waals surface area (Å²) in [6.07, 6.45) is 1.99. The Hall–Kier alpha value is -0.110. The second-order valence-electron chi connectivity index (χ2n) is 3.55. The van der Waals surface area contributed by atoms with Crippen molar-refractivity contribution in [2.75, 3.05) is 6.54 Å². The maximum Gasteiger partial charge on any atom is 0.0259 e. The fourth-order valence-corrected chi connectivity index (χ4v) is 0.686. The molecular formula is C7H16FN. The monoisotopic (exact) mass is 133 g/mol. The van der Waals surface area contributed by atoms with Crippen LogP contribution in [0.15, 0.2) is 0 Å². The predicted molar refractivity (Wildman–Crippen MR) is 37.8 cm³/mol. The third-order valence-electron chi connectivity index (χ3n) is 1.20. The Balaban J connectivity index is 3.07. The average molecular weight is 133 g/mol. The van der Waals surface area contributed by atoms with E-state index >= 15 is 0 Å². The van der Waals surface area contributed by atoms with Crippen molar-refractivity contribution in [2.24, 2.45) is 5.41 Å². The van der Waals surface area contributed by atoms with Gasteiger partial charge in [-0.05, 0) is 18.3 Å². The van der Waals surface area contributed by atoms with Crippen molar-refractivity contribution in [3.63, 3.8) is 0 Å². The Kier molecular flexibility index (Phi) is 3.78. The second kappa shape index (κ2) is 3.83. The van der Waals surface area contributed by atoms with Gasteiger partial charge in [0.25, 0.3) is 0 Å². The van der Waals surface area contributed by atoms with Gasteiger partial charge in [-0.25, -0.2) is 0 Å². The molecule has 1 N–H and O–H groups in total. The van der Waals surface area contributed by atoms with E-state index < -0.39 is 0 Å². The molecule has 0 rings (SSSR count). The molecule has 0 spiro atoms. The molecule has 2 heteroatoms. The summed E-state index contributed by atoms with van der Waals surface area (Å²) in [6.45, 7) is 6.96. The summed E-state index contributed by atoms with van der Waals surface area (Å²) < 4.78 is 11.3. The van der Waals surface area contributed by atoms with Gasteiger partial charge in [-0.1, -0.05) is 20.8 Å². The topological polar surface area (TPSA) is 12.0 Å². The molecule has 0 aliphatic heterocycles. The first-order valence-electron chi connectivity index (χ1n) is 3.40. The van der Waals surface area contributed by atoms with Gasteiger partial charge in [-0.3, -0.25) is 0 Å². The molecular weight excluding hydrogens is 117 g/mol. The predicted octanol–water partition coefficient (Wildman–Crippen LogP) is 2.29. The smallest absolute Gasteiger partial charge is 0.0259 e. The van der Waals surface area contributed by atoms with Crippen LogP contribution in [0.2, 0.25) is 0 Å². The van der Waals surface area contributed by atoms with E-state index in [0.717, 1.165) is 12.8 Å². The lowest BCUT2D eigenvalue weighted by Gasteiger charge is -2.16. The first-order valence-corrected chi connectivity index (χ1v) is 3.40. The highest BCUT2D eigenvalue weighted by Crippen LogP contribution is 2.19. The normalized spacial score (nSPS) is 12.0. The zero-order valence-electron chi connectivity index (χ0n) is 6.50. The van der Waals surface area contributed by atoms with Crippen LogP contribution in [0.4, 0.5) is 4.48 Å². The van der Waals surface area contributed by atoms with E-state index in [4.69, 9.17) is 0 Å². The SMILES string of the molecule is CC(C)(C)CCCNF. The summed E-state index contributed by atoms with van der Waals surface area (Å²) in [4.78, 5) is 0. The molecule has 9 heavy (non-hydrogen) atoms. The number of rotatable bonds is 3. The van der Waals surface area contributed by atoms with E-state index in [1.165, 1.54) is 0 Å². The van der Waals surface area contributed by atoms with Crippen LogP contribution in [-0.2, 0) is 0 Å². The minimum atomic E-state index is 0.344. The van der Waals surface area contributed by atoms with Crippen molar-refractivity contribution in [3.8, 4) is 0 Å². The lowest BCUT2D eigenvalue weighted by atomic mass is 9.91. The molecule has 0 amide bonds. The minimum Gasteiger partial charge on any atom is -0.159 e. The molecule has 0 aromatic heterocycles. The minimum absolute atomic E-state index is 0.344. The zero-order chi connectivity index (χ0) is 7.33. The number of nitrogens with one attached hydrogen (secondary N) is 1. The third kappa shape index (κ3) is 7.89. The quantitative estimate of drug-likeness (QED) is 0.460. The first kappa shape index (κ1) is 8.89. The maximum absolute atomic E-state index is 11.3. The van der Waals surface area contributed by atoms with Gasteiger partial charge in [0.15, 0.2) is 0 Å². The van der Waals surface area contributed by atoms with Gasteiger partial charge < -0.3 is 0 Å². The summed E-state index contributed by atoms with van der Waals surface area (Å²) >= 11 is 0. The van der Waals surface area contributed by atoms with E-state index in [0.29, 0.717) is 12.0 Å². The van der Waals surface area contributed by atoms with Gasteiger partial charge in [0.05, 0.1) is 0 Å². The summed E-state index contributed by atoms with van der Waals surface area (Å²) in [7, 11) is 0. The lowest BCUT2D eigenvalue weighted by Crippen LogP contribution is -2.09. The molecule has 0 heterocycles. The van der Waals surface area contributed by atoms with Crippen molar-refractivity contribution in [1.29, 1.82) is 0 Å². The highest BCUT2D eigenvalue weighted by Gasteiger charge is 2.08. The molecule has 0 saturated heterocycles. The lowest BCUT2D eigenvalue weighted by molar-refractivity contribution is 0.298. The highest BCUT2D eigenvalue weighted by molar-refractivity contribution is 4.60. The zero-order valence-corrected chi connectivity index (χ0v) is 6.50. The molecule has 0 aliphatic rings. The first-order chi connectivity index (χ1) is 4.06. The van der Waals surface area contributed by atoms with Crippen molar-refractivity contribution in [3.05, 3.63) is 0 Å². The van der Waals surface area contributed by atoms with Crippen LogP contribution in [-0.4, -0.2) is 6.54 Å². The fourth-order valence-electron chi connectivity index (χ4n) is 0.686. The summed E-state index contributed by atoms with van der Waals surface area (Å²) in [6, 6.07) is 0. The van der Waals surface area contributed by atoms with Gasteiger partial charge >= 0.3 is 0 Å². The third-order valence-corrected chi connectivity index (χ3v) is 1.20. The Morgan fingerprint density at radius 1 is 1.33 bits per heavy atom. The van der Waals surface area contributed by atoms with E-state index in [2.05, 4.69) is 20.8 Å². The molecule has 0 fully saturated rings. The molecule has 56 valence electrons. The van der Waals surface area contributed by atoms with Crippen molar-refractivity contribution in [2.45, 2.75) is 33.6 Å². The summed E-state index contributed by atoms with van der Waals surface area (Å²) in [5.74, 6) is 0. The average Bonchev–Trinajstić information content (AvgIpc) is 1.63. The molecule has 0 saturated carbocycles. The van der Waals surface area contributed by atoms with Crippen LogP contribution in [0.25, 0.3) is 0 Å². The van der Waals surface area contributed by atoms with E-state index in [-0.39, 0.29) is 0 Å². The van der Waals surface area contributed by atoms with Gasteiger partial charge in [-0.15, -0.1) is 4.48 Å². The summed E-state index contributed by atoms with van der Waals surface area (Å²) in [5, 5.41) is 0. The fraction of sp³-hybridized carbons (Fsp3) is 1.00. The maximum atomic E-state index is 11.3. The number of hydrogen-bond donors (Lipinski definition) is 1. The van der Waals surface area contributed by atoms with Crippen molar-refractivity contribution < 1.29 is 4.48 Å². The van der Waals surface area contributed by atoms with Crippen molar-refractivity contribution >= 4 is 0 Å². The molecule has 0 aromatic carbocycles. The number of hydrogen-bond acceptors (Lipinski definition) is 1. The van der Waals surface area contributed by atoms with Gasteiger partial charge in [0, 0.05) is 6.54 Å². The van der Waals surface area contributed by atoms with Crippen LogP contribution in [0, 0.1) is 5.41 Å². The van der Waals surface area contributed by atoms with Crippen LogP contribution < -0.4 is 5.54 Å². The van der Waals surface area contributed by atoms with Crippen LogP contribution in [0.5, 0.6) is 0 Å². The molecule has 0 aliphatic carbocycles. The number of halogens is 1. The van der Waals surface area contributed by atoms with E-state index in [9.17, 15) is 4.48 Å². The Labute approximate surface area is 56.6 Å². The molecule has 0 bridgehead atoms. The highest BCUT2D eigenvalue weighted by atomic mass is 19.2. The van der Waals surface area contributed by atoms with Gasteiger partial charge in [-0.2, -0.15) is 5.54 Å². The Bertz CT molecular complexity index is 65.8. The van der Waals surface area contributed by atoms with Gasteiger partial charge in [0.1, 0.15) is 0 Å². The van der Waals surface area contributed by atoms with Gasteiger partial charge in [0.2, 0.25) is 0 Å². The second-order valence-corrected chi connectivity index (χ2v) is 3.55. The molecule has 0 radical (unpaired) electrons. The largest absolute Gasteiger partial charge is 0.159 e.